The van der Waals surface area contributed by atoms with Gasteiger partial charge in [0.2, 0.25) is 5.91 Å². The SMILES string of the molecule is CNC(=O)c1ccc(OC)c(NC(=O)[C@@H](CCSC)n2cccc2)c1. The van der Waals surface area contributed by atoms with Crippen LogP contribution in [0.5, 0.6) is 5.75 Å². The van der Waals surface area contributed by atoms with Crippen LogP contribution in [-0.4, -0.2) is 42.5 Å². The second-order valence-electron chi connectivity index (χ2n) is 5.41. The number of hydrogen-bond donors (Lipinski definition) is 2. The maximum absolute atomic E-state index is 12.8. The molecule has 1 atom stereocenters. The summed E-state index contributed by atoms with van der Waals surface area (Å²) in [6.45, 7) is 0. The first-order chi connectivity index (χ1) is 12.1. The molecule has 1 aromatic carbocycles. The van der Waals surface area contributed by atoms with Crippen molar-refractivity contribution in [2.45, 2.75) is 12.5 Å². The van der Waals surface area contributed by atoms with Gasteiger partial charge in [0.05, 0.1) is 12.8 Å². The molecule has 25 heavy (non-hydrogen) atoms. The highest BCUT2D eigenvalue weighted by Crippen LogP contribution is 2.27. The average molecular weight is 361 g/mol. The minimum Gasteiger partial charge on any atom is -0.495 e. The zero-order valence-electron chi connectivity index (χ0n) is 14.6. The molecule has 0 saturated heterocycles. The van der Waals surface area contributed by atoms with Crippen molar-refractivity contribution in [3.63, 3.8) is 0 Å². The van der Waals surface area contributed by atoms with Gasteiger partial charge in [-0.2, -0.15) is 11.8 Å². The summed E-state index contributed by atoms with van der Waals surface area (Å²) >= 11 is 1.70. The van der Waals surface area contributed by atoms with Crippen LogP contribution < -0.4 is 15.4 Å². The number of anilines is 1. The number of methoxy groups -OCH3 is 1. The molecule has 6 nitrogen and oxygen atoms in total. The molecule has 0 aliphatic carbocycles. The summed E-state index contributed by atoms with van der Waals surface area (Å²) in [7, 11) is 3.09. The highest BCUT2D eigenvalue weighted by atomic mass is 32.2. The van der Waals surface area contributed by atoms with Gasteiger partial charge < -0.3 is 19.9 Å². The number of carbonyl (C=O) groups is 2. The number of aromatic nitrogens is 1. The van der Waals surface area contributed by atoms with E-state index in [2.05, 4.69) is 10.6 Å². The number of rotatable bonds is 8. The van der Waals surface area contributed by atoms with Crippen molar-refractivity contribution in [2.75, 3.05) is 31.5 Å². The van der Waals surface area contributed by atoms with E-state index in [9.17, 15) is 9.59 Å². The van der Waals surface area contributed by atoms with Gasteiger partial charge in [-0.3, -0.25) is 9.59 Å². The van der Waals surface area contributed by atoms with Crippen LogP contribution in [-0.2, 0) is 4.79 Å². The molecule has 0 aliphatic heterocycles. The van der Waals surface area contributed by atoms with Crippen LogP contribution in [0.3, 0.4) is 0 Å². The lowest BCUT2D eigenvalue weighted by molar-refractivity contribution is -0.119. The van der Waals surface area contributed by atoms with Gasteiger partial charge in [0, 0.05) is 25.0 Å². The fraction of sp³-hybridized carbons (Fsp3) is 0.333. The molecule has 7 heteroatoms. The Hall–Kier alpha value is -2.41. The first-order valence-corrected chi connectivity index (χ1v) is 9.32. The molecule has 0 fully saturated rings. The Kier molecular flexibility index (Phi) is 6.94. The number of benzene rings is 1. The van der Waals surface area contributed by atoms with Gasteiger partial charge in [-0.25, -0.2) is 0 Å². The molecule has 2 rings (SSSR count). The monoisotopic (exact) mass is 361 g/mol. The zero-order chi connectivity index (χ0) is 18.2. The third-order valence-corrected chi connectivity index (χ3v) is 4.48. The molecule has 2 N–H and O–H groups in total. The number of thioether (sulfide) groups is 1. The quantitative estimate of drug-likeness (QED) is 0.758. The smallest absolute Gasteiger partial charge is 0.251 e. The van der Waals surface area contributed by atoms with Crippen LogP contribution in [0.4, 0.5) is 5.69 Å². The van der Waals surface area contributed by atoms with Gasteiger partial charge >= 0.3 is 0 Å². The van der Waals surface area contributed by atoms with Gasteiger partial charge in [0.25, 0.3) is 5.91 Å². The maximum atomic E-state index is 12.8. The van der Waals surface area contributed by atoms with E-state index in [0.717, 1.165) is 5.75 Å². The lowest BCUT2D eigenvalue weighted by Gasteiger charge is -2.19. The lowest BCUT2D eigenvalue weighted by atomic mass is 10.1. The summed E-state index contributed by atoms with van der Waals surface area (Å²) in [5.41, 5.74) is 0.940. The molecule has 0 bridgehead atoms. The van der Waals surface area contributed by atoms with Crippen molar-refractivity contribution < 1.29 is 14.3 Å². The number of hydrogen-bond acceptors (Lipinski definition) is 4. The van der Waals surface area contributed by atoms with Crippen molar-refractivity contribution in [1.29, 1.82) is 0 Å². The number of nitrogens with zero attached hydrogens (tertiary/aromatic N) is 1. The second kappa shape index (κ2) is 9.17. The molecule has 1 aromatic heterocycles. The van der Waals surface area contributed by atoms with Crippen LogP contribution in [0.2, 0.25) is 0 Å². The summed E-state index contributed by atoms with van der Waals surface area (Å²) < 4.78 is 7.20. The van der Waals surface area contributed by atoms with E-state index >= 15 is 0 Å². The van der Waals surface area contributed by atoms with Crippen LogP contribution in [0.25, 0.3) is 0 Å². The topological polar surface area (TPSA) is 72.4 Å². The van der Waals surface area contributed by atoms with Gasteiger partial charge in [-0.15, -0.1) is 0 Å². The van der Waals surface area contributed by atoms with Gasteiger partial charge in [-0.05, 0) is 48.8 Å². The molecule has 0 unspecified atom stereocenters. The minimum atomic E-state index is -0.323. The van der Waals surface area contributed by atoms with E-state index in [1.807, 2.05) is 35.3 Å². The van der Waals surface area contributed by atoms with Crippen molar-refractivity contribution in [2.24, 2.45) is 0 Å². The molecular formula is C18H23N3O3S. The number of nitrogens with one attached hydrogen (secondary N) is 2. The summed E-state index contributed by atoms with van der Waals surface area (Å²) in [6, 6.07) is 8.42. The Bertz CT molecular complexity index is 716. The lowest BCUT2D eigenvalue weighted by Crippen LogP contribution is -2.26. The van der Waals surface area contributed by atoms with Crippen molar-refractivity contribution >= 4 is 29.3 Å². The fourth-order valence-corrected chi connectivity index (χ4v) is 2.97. The van der Waals surface area contributed by atoms with Crippen LogP contribution in [0, 0.1) is 0 Å². The van der Waals surface area contributed by atoms with Crippen molar-refractivity contribution in [1.82, 2.24) is 9.88 Å². The van der Waals surface area contributed by atoms with E-state index in [4.69, 9.17) is 4.74 Å². The fourth-order valence-electron chi connectivity index (χ4n) is 2.51. The highest BCUT2D eigenvalue weighted by molar-refractivity contribution is 7.98. The summed E-state index contributed by atoms with van der Waals surface area (Å²) in [5, 5.41) is 5.48. The number of carbonyl (C=O) groups excluding carboxylic acids is 2. The predicted octanol–water partition coefficient (Wildman–Crippen LogP) is 2.79. The first kappa shape index (κ1) is 18.9. The zero-order valence-corrected chi connectivity index (χ0v) is 15.4. The van der Waals surface area contributed by atoms with Gasteiger partial charge in [0.1, 0.15) is 11.8 Å². The molecule has 2 amide bonds. The Morgan fingerprint density at radius 3 is 2.60 bits per heavy atom. The molecule has 0 saturated carbocycles. The third-order valence-electron chi connectivity index (χ3n) is 3.83. The molecule has 2 aromatic rings. The molecule has 0 aliphatic rings. The molecule has 1 heterocycles. The Morgan fingerprint density at radius 2 is 2.00 bits per heavy atom. The van der Waals surface area contributed by atoms with Crippen molar-refractivity contribution in [3.8, 4) is 5.75 Å². The maximum Gasteiger partial charge on any atom is 0.251 e. The van der Waals surface area contributed by atoms with Gasteiger partial charge in [0.15, 0.2) is 0 Å². The van der Waals surface area contributed by atoms with E-state index in [-0.39, 0.29) is 17.9 Å². The van der Waals surface area contributed by atoms with E-state index in [1.54, 1.807) is 37.0 Å². The highest BCUT2D eigenvalue weighted by Gasteiger charge is 2.21. The Balaban J connectivity index is 2.26. The summed E-state index contributed by atoms with van der Waals surface area (Å²) in [5.74, 6) is 1.02. The second-order valence-corrected chi connectivity index (χ2v) is 6.40. The average Bonchev–Trinajstić information content (AvgIpc) is 3.15. The van der Waals surface area contributed by atoms with E-state index in [0.29, 0.717) is 23.4 Å². The largest absolute Gasteiger partial charge is 0.495 e. The third kappa shape index (κ3) is 4.79. The molecule has 0 radical (unpaired) electrons. The summed E-state index contributed by atoms with van der Waals surface area (Å²) in [4.78, 5) is 24.7. The van der Waals surface area contributed by atoms with E-state index < -0.39 is 0 Å². The van der Waals surface area contributed by atoms with Crippen LogP contribution in [0.1, 0.15) is 22.8 Å². The molecule has 134 valence electrons. The van der Waals surface area contributed by atoms with Crippen LogP contribution in [0.15, 0.2) is 42.7 Å². The molecule has 0 spiro atoms. The molecular weight excluding hydrogens is 338 g/mol. The standard InChI is InChI=1S/C18H23N3O3S/c1-19-17(22)13-6-7-16(24-2)14(12-13)20-18(23)15(8-11-25-3)21-9-4-5-10-21/h4-7,9-10,12,15H,8,11H2,1-3H3,(H,19,22)(H,20,23)/t15-/m1/s1. The number of amides is 2. The Morgan fingerprint density at radius 1 is 1.28 bits per heavy atom. The van der Waals surface area contributed by atoms with Crippen molar-refractivity contribution in [3.05, 3.63) is 48.3 Å². The normalized spacial score (nSPS) is 11.6. The van der Waals surface area contributed by atoms with Gasteiger partial charge in [-0.1, -0.05) is 0 Å². The first-order valence-electron chi connectivity index (χ1n) is 7.93. The van der Waals surface area contributed by atoms with E-state index in [1.165, 1.54) is 7.11 Å². The number of ether oxygens (including phenoxy) is 1. The predicted molar refractivity (Wildman–Crippen MR) is 101 cm³/mol. The summed E-state index contributed by atoms with van der Waals surface area (Å²) in [6.07, 6.45) is 6.48. The van der Waals surface area contributed by atoms with Crippen LogP contribution >= 0.6 is 11.8 Å². The minimum absolute atomic E-state index is 0.141. The Labute approximate surface area is 151 Å².